The molecule has 26 heavy (non-hydrogen) atoms. The van der Waals surface area contributed by atoms with Crippen molar-refractivity contribution in [1.29, 1.82) is 0 Å². The van der Waals surface area contributed by atoms with Gasteiger partial charge < -0.3 is 0 Å². The van der Waals surface area contributed by atoms with Crippen LogP contribution < -0.4 is 0 Å². The van der Waals surface area contributed by atoms with Crippen molar-refractivity contribution in [2.75, 3.05) is 0 Å². The van der Waals surface area contributed by atoms with Gasteiger partial charge in [-0.3, -0.25) is 9.11 Å². The van der Waals surface area contributed by atoms with Gasteiger partial charge >= 0.3 is 0 Å². The summed E-state index contributed by atoms with van der Waals surface area (Å²) in [7, 11) is -9.30. The van der Waals surface area contributed by atoms with Crippen molar-refractivity contribution >= 4 is 90.2 Å². The molecule has 0 atom stereocenters. The summed E-state index contributed by atoms with van der Waals surface area (Å²) in [5.74, 6) is 0. The summed E-state index contributed by atoms with van der Waals surface area (Å²) in [4.78, 5) is -0.192. The Labute approximate surface area is 176 Å². The van der Waals surface area contributed by atoms with E-state index in [1.165, 1.54) is 0 Å². The van der Waals surface area contributed by atoms with E-state index in [-0.39, 0.29) is 29.9 Å². The molecule has 0 radical (unpaired) electrons. The second-order valence-electron chi connectivity index (χ2n) is 4.81. The fourth-order valence-electron chi connectivity index (χ4n) is 2.08. The summed E-state index contributed by atoms with van der Waals surface area (Å²) in [6, 6.07) is 2.00. The molecule has 0 amide bonds. The van der Waals surface area contributed by atoms with E-state index in [4.69, 9.17) is 46.4 Å². The topological polar surface area (TPSA) is 109 Å². The predicted octanol–water partition coefficient (Wildman–Crippen LogP) is 5.41. The first kappa shape index (κ1) is 20.8. The van der Waals surface area contributed by atoms with Crippen molar-refractivity contribution in [2.24, 2.45) is 0 Å². The molecule has 0 unspecified atom stereocenters. The van der Waals surface area contributed by atoms with Gasteiger partial charge in [-0.25, -0.2) is 0 Å². The molecule has 0 saturated carbocycles. The molecule has 0 spiro atoms. The van der Waals surface area contributed by atoms with Crippen LogP contribution >= 0.6 is 69.9 Å². The first-order valence-electron chi connectivity index (χ1n) is 6.17. The van der Waals surface area contributed by atoms with E-state index in [0.29, 0.717) is 9.79 Å². The van der Waals surface area contributed by atoms with Crippen LogP contribution in [0.15, 0.2) is 41.5 Å². The Bertz CT molecular complexity index is 1090. The fraction of sp³-hybridized carbons (Fsp3) is 0. The van der Waals surface area contributed by atoms with E-state index in [9.17, 15) is 25.9 Å². The monoisotopic (exact) mass is 512 g/mol. The molecule has 6 nitrogen and oxygen atoms in total. The zero-order chi connectivity index (χ0) is 19.6. The lowest BCUT2D eigenvalue weighted by Gasteiger charge is -2.23. The Morgan fingerprint density at radius 3 is 1.27 bits per heavy atom. The average Bonchev–Trinajstić information content (AvgIpc) is 2.51. The first-order valence-corrected chi connectivity index (χ1v) is 12.2. The highest BCUT2D eigenvalue weighted by Crippen LogP contribution is 2.58. The Balaban J connectivity index is 2.32. The summed E-state index contributed by atoms with van der Waals surface area (Å²) in [6.07, 6.45) is 0. The molecule has 140 valence electrons. The van der Waals surface area contributed by atoms with Crippen molar-refractivity contribution in [3.05, 3.63) is 32.2 Å². The van der Waals surface area contributed by atoms with E-state index in [1.807, 2.05) is 0 Å². The highest BCUT2D eigenvalue weighted by atomic mass is 35.5. The summed E-state index contributed by atoms with van der Waals surface area (Å²) in [6.45, 7) is 0. The molecule has 1 aliphatic rings. The van der Waals surface area contributed by atoms with Crippen LogP contribution in [0.3, 0.4) is 0 Å². The Kier molecular flexibility index (Phi) is 5.51. The molecule has 1 heterocycles. The summed E-state index contributed by atoms with van der Waals surface area (Å²) < 4.78 is 64.5. The second kappa shape index (κ2) is 6.87. The van der Waals surface area contributed by atoms with Gasteiger partial charge in [0.05, 0.1) is 20.1 Å². The number of hydrogen-bond donors (Lipinski definition) is 2. The first-order chi connectivity index (χ1) is 11.8. The minimum absolute atomic E-state index is 0.00813. The second-order valence-corrected chi connectivity index (χ2v) is 11.2. The van der Waals surface area contributed by atoms with Crippen molar-refractivity contribution in [3.8, 4) is 0 Å². The van der Waals surface area contributed by atoms with Gasteiger partial charge in [0.2, 0.25) is 0 Å². The van der Waals surface area contributed by atoms with Crippen LogP contribution in [0.5, 0.6) is 0 Å². The van der Waals surface area contributed by atoms with Gasteiger partial charge in [0.25, 0.3) is 20.2 Å². The molecule has 2 aromatic rings. The fourth-order valence-corrected chi connectivity index (χ4v) is 7.92. The lowest BCUT2D eigenvalue weighted by atomic mass is 10.3. The maximum absolute atomic E-state index is 11.5. The normalized spacial score (nSPS) is 14.1. The number of halogens is 4. The van der Waals surface area contributed by atoms with Crippen molar-refractivity contribution in [1.82, 2.24) is 0 Å². The van der Waals surface area contributed by atoms with Crippen LogP contribution in [0.2, 0.25) is 20.1 Å². The molecule has 0 aromatic heterocycles. The highest BCUT2D eigenvalue weighted by Gasteiger charge is 2.32. The predicted molar refractivity (Wildman–Crippen MR) is 101 cm³/mol. The van der Waals surface area contributed by atoms with Crippen molar-refractivity contribution in [3.63, 3.8) is 0 Å². The quantitative estimate of drug-likeness (QED) is 0.438. The smallest absolute Gasteiger partial charge is 0.282 e. The Hall–Kier alpha value is 0.120. The van der Waals surface area contributed by atoms with Crippen molar-refractivity contribution < 1.29 is 25.9 Å². The van der Waals surface area contributed by atoms with Crippen LogP contribution in [0.4, 0.5) is 0 Å². The van der Waals surface area contributed by atoms with Gasteiger partial charge in [0, 0.05) is 19.6 Å². The molecule has 3 rings (SSSR count). The van der Waals surface area contributed by atoms with Crippen molar-refractivity contribution in [2.45, 2.75) is 29.4 Å². The highest BCUT2D eigenvalue weighted by molar-refractivity contribution is 8.05. The maximum atomic E-state index is 11.5. The van der Waals surface area contributed by atoms with Crippen LogP contribution in [0, 0.1) is 0 Å². The standard InChI is InChI=1S/C12H4Cl4O6S4/c13-3-1-5(25(17,18)19)7(15)11-9(3)23-10-4(14)2-6(26(20,21)22)8(16)12(10)24-11/h1-2H,(H,17,18,19)(H,20,21,22). The van der Waals surface area contributed by atoms with Crippen LogP contribution in [0.1, 0.15) is 0 Å². The van der Waals surface area contributed by atoms with Gasteiger partial charge in [-0.15, -0.1) is 0 Å². The molecule has 2 N–H and O–H groups in total. The molecule has 2 aromatic carbocycles. The number of hydrogen-bond acceptors (Lipinski definition) is 6. The van der Waals surface area contributed by atoms with Gasteiger partial charge in [-0.1, -0.05) is 69.9 Å². The number of rotatable bonds is 2. The maximum Gasteiger partial charge on any atom is 0.296 e. The lowest BCUT2D eigenvalue weighted by Crippen LogP contribution is -2.05. The summed E-state index contributed by atoms with van der Waals surface area (Å²) in [5, 5.41) is -0.628. The SMILES string of the molecule is O=S(=O)(O)c1cc(Cl)c2c(c1Cl)Sc1c(Cl)c(S(=O)(=O)O)cc(Cl)c1S2. The third-order valence-electron chi connectivity index (χ3n) is 3.16. The number of fused-ring (bicyclic) bond motifs is 2. The minimum Gasteiger partial charge on any atom is -0.282 e. The molecule has 1 aliphatic heterocycles. The van der Waals surface area contributed by atoms with Gasteiger partial charge in [0.1, 0.15) is 9.79 Å². The Morgan fingerprint density at radius 2 is 0.962 bits per heavy atom. The van der Waals surface area contributed by atoms with Crippen LogP contribution in [0.25, 0.3) is 0 Å². The zero-order valence-electron chi connectivity index (χ0n) is 11.8. The molecule has 0 aliphatic carbocycles. The van der Waals surface area contributed by atoms with Gasteiger partial charge in [-0.05, 0) is 12.1 Å². The third kappa shape index (κ3) is 3.57. The lowest BCUT2D eigenvalue weighted by molar-refractivity contribution is 0.480. The van der Waals surface area contributed by atoms with E-state index >= 15 is 0 Å². The minimum atomic E-state index is -4.65. The van der Waals surface area contributed by atoms with E-state index in [0.717, 1.165) is 35.7 Å². The van der Waals surface area contributed by atoms with Crippen LogP contribution in [-0.2, 0) is 20.2 Å². The number of benzene rings is 2. The van der Waals surface area contributed by atoms with E-state index in [2.05, 4.69) is 0 Å². The van der Waals surface area contributed by atoms with E-state index in [1.54, 1.807) is 0 Å². The summed E-state index contributed by atoms with van der Waals surface area (Å²) >= 11 is 26.2. The van der Waals surface area contributed by atoms with Crippen LogP contribution in [-0.4, -0.2) is 25.9 Å². The molecule has 0 saturated heterocycles. The molecular formula is C12H4Cl4O6S4. The molecule has 0 bridgehead atoms. The zero-order valence-corrected chi connectivity index (χ0v) is 18.1. The largest absolute Gasteiger partial charge is 0.296 e. The van der Waals surface area contributed by atoms with Gasteiger partial charge in [-0.2, -0.15) is 16.8 Å². The van der Waals surface area contributed by atoms with E-state index < -0.39 is 30.0 Å². The molecular weight excluding hydrogens is 510 g/mol. The molecule has 14 heteroatoms. The summed E-state index contributed by atoms with van der Waals surface area (Å²) in [5.41, 5.74) is 0. The average molecular weight is 514 g/mol. The Morgan fingerprint density at radius 1 is 0.654 bits per heavy atom. The van der Waals surface area contributed by atoms with Gasteiger partial charge in [0.15, 0.2) is 0 Å². The molecule has 0 fully saturated rings. The third-order valence-corrected chi connectivity index (χ3v) is 9.71.